The molecule has 2 rings (SSSR count). The maximum atomic E-state index is 9.22. The minimum atomic E-state index is 0.0882. The molecule has 100 valence electrons. The van der Waals surface area contributed by atoms with Crippen LogP contribution in [0, 0.1) is 0 Å². The normalized spacial score (nSPS) is 12.3. The predicted octanol–water partition coefficient (Wildman–Crippen LogP) is 3.71. The van der Waals surface area contributed by atoms with Gasteiger partial charge in [0.25, 0.3) is 0 Å². The van der Waals surface area contributed by atoms with E-state index in [9.17, 15) is 5.11 Å². The van der Waals surface area contributed by atoms with Crippen molar-refractivity contribution in [3.8, 4) is 5.75 Å². The molecule has 0 saturated heterocycles. The SMILES string of the molecule is NC(CSc1ccc(Cl)cc1)Cc1ccc(O)cc1. The van der Waals surface area contributed by atoms with Crippen LogP contribution in [0.15, 0.2) is 53.4 Å². The molecule has 2 aromatic carbocycles. The van der Waals surface area contributed by atoms with Crippen LogP contribution in [-0.4, -0.2) is 16.9 Å². The van der Waals surface area contributed by atoms with E-state index in [1.165, 1.54) is 4.90 Å². The largest absolute Gasteiger partial charge is 0.508 e. The van der Waals surface area contributed by atoms with Gasteiger partial charge in [-0.15, -0.1) is 11.8 Å². The van der Waals surface area contributed by atoms with E-state index in [1.807, 2.05) is 36.4 Å². The number of rotatable bonds is 5. The van der Waals surface area contributed by atoms with Crippen molar-refractivity contribution in [1.82, 2.24) is 0 Å². The van der Waals surface area contributed by atoms with E-state index >= 15 is 0 Å². The number of thioether (sulfide) groups is 1. The summed E-state index contributed by atoms with van der Waals surface area (Å²) in [4.78, 5) is 1.17. The van der Waals surface area contributed by atoms with Crippen molar-refractivity contribution in [2.45, 2.75) is 17.4 Å². The molecule has 0 aromatic heterocycles. The summed E-state index contributed by atoms with van der Waals surface area (Å²) in [6, 6.07) is 15.0. The molecule has 19 heavy (non-hydrogen) atoms. The number of phenolic OH excluding ortho intramolecular Hbond substituents is 1. The van der Waals surface area contributed by atoms with Crippen molar-refractivity contribution in [3.63, 3.8) is 0 Å². The first-order valence-electron chi connectivity index (χ1n) is 6.05. The monoisotopic (exact) mass is 293 g/mol. The maximum Gasteiger partial charge on any atom is 0.115 e. The third kappa shape index (κ3) is 4.78. The summed E-state index contributed by atoms with van der Waals surface area (Å²) in [7, 11) is 0. The lowest BCUT2D eigenvalue weighted by Crippen LogP contribution is -2.25. The maximum absolute atomic E-state index is 9.22. The summed E-state index contributed by atoms with van der Waals surface area (Å²) in [5.41, 5.74) is 7.25. The Kier molecular flexibility index (Phi) is 5.14. The molecular formula is C15H16ClNOS. The molecule has 0 aliphatic heterocycles. The summed E-state index contributed by atoms with van der Waals surface area (Å²) in [6.07, 6.45) is 0.806. The number of halogens is 1. The van der Waals surface area contributed by atoms with Gasteiger partial charge in [-0.2, -0.15) is 0 Å². The van der Waals surface area contributed by atoms with Crippen molar-refractivity contribution < 1.29 is 5.11 Å². The number of hydrogen-bond acceptors (Lipinski definition) is 3. The predicted molar refractivity (Wildman–Crippen MR) is 82.0 cm³/mol. The quantitative estimate of drug-likeness (QED) is 0.826. The number of phenols is 1. The van der Waals surface area contributed by atoms with Gasteiger partial charge in [0.05, 0.1) is 0 Å². The van der Waals surface area contributed by atoms with Gasteiger partial charge >= 0.3 is 0 Å². The van der Waals surface area contributed by atoms with Crippen molar-refractivity contribution >= 4 is 23.4 Å². The molecule has 0 aliphatic carbocycles. The van der Waals surface area contributed by atoms with Gasteiger partial charge in [0.2, 0.25) is 0 Å². The van der Waals surface area contributed by atoms with E-state index in [1.54, 1.807) is 23.9 Å². The highest BCUT2D eigenvalue weighted by atomic mass is 35.5. The molecule has 2 nitrogen and oxygen atoms in total. The average molecular weight is 294 g/mol. The molecule has 0 aliphatic rings. The zero-order valence-electron chi connectivity index (χ0n) is 10.4. The molecule has 4 heteroatoms. The topological polar surface area (TPSA) is 46.2 Å². The lowest BCUT2D eigenvalue weighted by molar-refractivity contribution is 0.475. The van der Waals surface area contributed by atoms with E-state index in [0.29, 0.717) is 0 Å². The molecule has 0 bridgehead atoms. The highest BCUT2D eigenvalue weighted by Gasteiger charge is 2.05. The lowest BCUT2D eigenvalue weighted by atomic mass is 10.1. The second-order valence-corrected chi connectivity index (χ2v) is 5.93. The van der Waals surface area contributed by atoms with Crippen LogP contribution < -0.4 is 5.73 Å². The molecule has 1 unspecified atom stereocenters. The highest BCUT2D eigenvalue weighted by Crippen LogP contribution is 2.21. The van der Waals surface area contributed by atoms with Crippen molar-refractivity contribution in [3.05, 3.63) is 59.1 Å². The third-order valence-corrected chi connectivity index (χ3v) is 4.16. The minimum absolute atomic E-state index is 0.0882. The van der Waals surface area contributed by atoms with E-state index in [0.717, 1.165) is 22.8 Å². The number of aromatic hydroxyl groups is 1. The molecule has 0 saturated carbocycles. The molecule has 2 aromatic rings. The molecule has 1 atom stereocenters. The summed E-state index contributed by atoms with van der Waals surface area (Å²) in [6.45, 7) is 0. The fourth-order valence-corrected chi connectivity index (χ4v) is 2.71. The summed E-state index contributed by atoms with van der Waals surface area (Å²) < 4.78 is 0. The Hall–Kier alpha value is -1.16. The van der Waals surface area contributed by atoms with Crippen LogP contribution in [0.3, 0.4) is 0 Å². The van der Waals surface area contributed by atoms with Crippen LogP contribution in [-0.2, 0) is 6.42 Å². The summed E-state index contributed by atoms with van der Waals surface area (Å²) in [5, 5.41) is 9.97. The fraction of sp³-hybridized carbons (Fsp3) is 0.200. The Morgan fingerprint density at radius 3 is 2.32 bits per heavy atom. The van der Waals surface area contributed by atoms with Gasteiger partial charge in [-0.1, -0.05) is 23.7 Å². The first-order chi connectivity index (χ1) is 9.13. The third-order valence-electron chi connectivity index (χ3n) is 2.71. The number of hydrogen-bond donors (Lipinski definition) is 2. The van der Waals surface area contributed by atoms with Crippen LogP contribution in [0.5, 0.6) is 5.75 Å². The molecule has 0 fully saturated rings. The standard InChI is InChI=1S/C15H16ClNOS/c16-12-3-7-15(8-4-12)19-10-13(17)9-11-1-5-14(18)6-2-11/h1-8,13,18H,9-10,17H2. The van der Waals surface area contributed by atoms with Crippen LogP contribution >= 0.6 is 23.4 Å². The number of nitrogens with two attached hydrogens (primary N) is 1. The molecule has 0 radical (unpaired) electrons. The van der Waals surface area contributed by atoms with Crippen LogP contribution in [0.2, 0.25) is 5.02 Å². The molecule has 3 N–H and O–H groups in total. The Morgan fingerprint density at radius 2 is 1.68 bits per heavy atom. The van der Waals surface area contributed by atoms with Gasteiger partial charge in [0.1, 0.15) is 5.75 Å². The molecule has 0 amide bonds. The second-order valence-electron chi connectivity index (χ2n) is 4.40. The lowest BCUT2D eigenvalue weighted by Gasteiger charge is -2.11. The smallest absolute Gasteiger partial charge is 0.115 e. The van der Waals surface area contributed by atoms with E-state index < -0.39 is 0 Å². The first-order valence-corrected chi connectivity index (χ1v) is 7.42. The first kappa shape index (κ1) is 14.3. The van der Waals surface area contributed by atoms with Gasteiger partial charge < -0.3 is 10.8 Å². The van der Waals surface area contributed by atoms with Crippen molar-refractivity contribution in [2.24, 2.45) is 5.73 Å². The Balaban J connectivity index is 1.82. The van der Waals surface area contributed by atoms with E-state index in [-0.39, 0.29) is 11.8 Å². The van der Waals surface area contributed by atoms with E-state index in [4.69, 9.17) is 17.3 Å². The van der Waals surface area contributed by atoms with Gasteiger partial charge in [0, 0.05) is 21.7 Å². The highest BCUT2D eigenvalue weighted by molar-refractivity contribution is 7.99. The van der Waals surface area contributed by atoms with Gasteiger partial charge in [-0.05, 0) is 48.4 Å². The van der Waals surface area contributed by atoms with Crippen LogP contribution in [0.1, 0.15) is 5.56 Å². The Bertz CT molecular complexity index is 513. The summed E-state index contributed by atoms with van der Waals surface area (Å²) >= 11 is 7.57. The minimum Gasteiger partial charge on any atom is -0.508 e. The van der Waals surface area contributed by atoms with Crippen molar-refractivity contribution in [1.29, 1.82) is 0 Å². The second kappa shape index (κ2) is 6.85. The van der Waals surface area contributed by atoms with Gasteiger partial charge in [-0.25, -0.2) is 0 Å². The van der Waals surface area contributed by atoms with Gasteiger partial charge in [0.15, 0.2) is 0 Å². The molecular weight excluding hydrogens is 278 g/mol. The zero-order chi connectivity index (χ0) is 13.7. The molecule has 0 spiro atoms. The van der Waals surface area contributed by atoms with Crippen LogP contribution in [0.25, 0.3) is 0 Å². The number of benzene rings is 2. The fourth-order valence-electron chi connectivity index (χ4n) is 1.73. The summed E-state index contributed by atoms with van der Waals surface area (Å²) in [5.74, 6) is 1.13. The Labute approximate surface area is 122 Å². The Morgan fingerprint density at radius 1 is 1.05 bits per heavy atom. The van der Waals surface area contributed by atoms with Gasteiger partial charge in [-0.3, -0.25) is 0 Å². The van der Waals surface area contributed by atoms with Crippen molar-refractivity contribution in [2.75, 3.05) is 5.75 Å². The molecule has 0 heterocycles. The zero-order valence-corrected chi connectivity index (χ0v) is 12.0. The average Bonchev–Trinajstić information content (AvgIpc) is 2.41. The van der Waals surface area contributed by atoms with E-state index in [2.05, 4.69) is 0 Å². The van der Waals surface area contributed by atoms with Crippen LogP contribution in [0.4, 0.5) is 0 Å².